The molecule has 2 aromatic rings. The second-order valence-electron chi connectivity index (χ2n) is 5.43. The molecule has 0 saturated heterocycles. The van der Waals surface area contributed by atoms with E-state index in [0.29, 0.717) is 23.4 Å². The molecule has 22 heavy (non-hydrogen) atoms. The quantitative estimate of drug-likeness (QED) is 0.939. The summed E-state index contributed by atoms with van der Waals surface area (Å²) in [5, 5.41) is 21.5. The van der Waals surface area contributed by atoms with Crippen molar-refractivity contribution in [1.82, 2.24) is 9.55 Å². The number of nitrogens with one attached hydrogen (secondary N) is 1. The second kappa shape index (κ2) is 6.32. The third kappa shape index (κ3) is 2.80. The molecule has 5 heteroatoms. The Morgan fingerprint density at radius 3 is 2.64 bits per heavy atom. The van der Waals surface area contributed by atoms with Crippen molar-refractivity contribution in [2.24, 2.45) is 0 Å². The van der Waals surface area contributed by atoms with Gasteiger partial charge in [0, 0.05) is 32.1 Å². The molecular formula is C17H17N5. The van der Waals surface area contributed by atoms with Gasteiger partial charge in [0.1, 0.15) is 18.0 Å². The minimum atomic E-state index is 0.503. The molecule has 110 valence electrons. The summed E-state index contributed by atoms with van der Waals surface area (Å²) in [5.41, 5.74) is 2.69. The predicted octanol–water partition coefficient (Wildman–Crippen LogP) is 2.62. The van der Waals surface area contributed by atoms with Crippen LogP contribution in [0.3, 0.4) is 0 Å². The Balaban J connectivity index is 1.68. The van der Waals surface area contributed by atoms with Crippen LogP contribution in [0.1, 0.15) is 35.5 Å². The number of nitrogens with zero attached hydrogens (tertiary/aromatic N) is 4. The van der Waals surface area contributed by atoms with Gasteiger partial charge in [0.25, 0.3) is 0 Å². The van der Waals surface area contributed by atoms with Gasteiger partial charge in [0.2, 0.25) is 0 Å². The molecular weight excluding hydrogens is 274 g/mol. The fourth-order valence-corrected chi connectivity index (χ4v) is 2.84. The first-order chi connectivity index (χ1) is 10.8. The highest BCUT2D eigenvalue weighted by molar-refractivity contribution is 5.66. The Bertz CT molecular complexity index is 705. The average Bonchev–Trinajstić information content (AvgIpc) is 2.97. The summed E-state index contributed by atoms with van der Waals surface area (Å²) in [6.45, 7) is 1.72. The Morgan fingerprint density at radius 1 is 1.18 bits per heavy atom. The van der Waals surface area contributed by atoms with E-state index in [9.17, 15) is 0 Å². The normalized spacial score (nSPS) is 13.0. The van der Waals surface area contributed by atoms with Crippen molar-refractivity contribution in [2.75, 3.05) is 11.9 Å². The summed E-state index contributed by atoms with van der Waals surface area (Å²) in [7, 11) is 0. The molecule has 1 aliphatic rings. The van der Waals surface area contributed by atoms with E-state index in [4.69, 9.17) is 10.5 Å². The fraction of sp³-hybridized carbons (Fsp3) is 0.353. The monoisotopic (exact) mass is 291 g/mol. The number of rotatable bonds is 4. The van der Waals surface area contributed by atoms with Crippen LogP contribution in [-0.4, -0.2) is 16.1 Å². The van der Waals surface area contributed by atoms with Gasteiger partial charge in [-0.05, 0) is 25.0 Å². The van der Waals surface area contributed by atoms with Crippen LogP contribution in [0.15, 0.2) is 24.4 Å². The van der Waals surface area contributed by atoms with Crippen LogP contribution in [0, 0.1) is 22.7 Å². The zero-order chi connectivity index (χ0) is 15.4. The van der Waals surface area contributed by atoms with Gasteiger partial charge >= 0.3 is 0 Å². The average molecular weight is 291 g/mol. The zero-order valence-corrected chi connectivity index (χ0v) is 12.3. The summed E-state index contributed by atoms with van der Waals surface area (Å²) >= 11 is 0. The summed E-state index contributed by atoms with van der Waals surface area (Å²) in [6, 6.07) is 9.42. The van der Waals surface area contributed by atoms with Crippen LogP contribution in [-0.2, 0) is 19.4 Å². The summed E-state index contributed by atoms with van der Waals surface area (Å²) in [5.74, 6) is 1.18. The lowest BCUT2D eigenvalue weighted by Crippen LogP contribution is -2.09. The molecule has 3 rings (SSSR count). The SMILES string of the molecule is N#Cc1cccc(C#N)c1NCCc1cn2c(n1)CCCC2. The maximum Gasteiger partial charge on any atom is 0.108 e. The van der Waals surface area contributed by atoms with Crippen LogP contribution < -0.4 is 5.32 Å². The van der Waals surface area contributed by atoms with E-state index in [-0.39, 0.29) is 0 Å². The van der Waals surface area contributed by atoms with E-state index >= 15 is 0 Å². The van der Waals surface area contributed by atoms with Crippen molar-refractivity contribution in [1.29, 1.82) is 10.5 Å². The highest BCUT2D eigenvalue weighted by atomic mass is 15.1. The number of nitriles is 2. The first-order valence-corrected chi connectivity index (χ1v) is 7.54. The summed E-state index contributed by atoms with van der Waals surface area (Å²) in [4.78, 5) is 4.66. The number of benzene rings is 1. The molecule has 1 aliphatic heterocycles. The zero-order valence-electron chi connectivity index (χ0n) is 12.3. The first-order valence-electron chi connectivity index (χ1n) is 7.54. The van der Waals surface area contributed by atoms with Crippen LogP contribution in [0.25, 0.3) is 0 Å². The standard InChI is InChI=1S/C17H17N5/c18-10-13-4-3-5-14(11-19)17(13)20-8-7-15-12-22-9-2-1-6-16(22)21-15/h3-5,12,20H,1-2,6-9H2. The number of anilines is 1. The van der Waals surface area contributed by atoms with E-state index in [0.717, 1.165) is 25.1 Å². The van der Waals surface area contributed by atoms with Crippen molar-refractivity contribution in [3.05, 3.63) is 47.0 Å². The van der Waals surface area contributed by atoms with E-state index in [2.05, 4.69) is 33.2 Å². The number of aromatic nitrogens is 2. The lowest BCUT2D eigenvalue weighted by molar-refractivity contribution is 0.522. The van der Waals surface area contributed by atoms with Gasteiger partial charge in [-0.1, -0.05) is 6.07 Å². The highest BCUT2D eigenvalue weighted by Gasteiger charge is 2.12. The van der Waals surface area contributed by atoms with E-state index in [1.807, 2.05) is 0 Å². The molecule has 0 unspecified atom stereocenters. The van der Waals surface area contributed by atoms with Gasteiger partial charge < -0.3 is 9.88 Å². The Kier molecular flexibility index (Phi) is 4.07. The van der Waals surface area contributed by atoms with Crippen molar-refractivity contribution in [2.45, 2.75) is 32.2 Å². The molecule has 5 nitrogen and oxygen atoms in total. The Labute approximate surface area is 129 Å². The third-order valence-electron chi connectivity index (χ3n) is 3.95. The minimum absolute atomic E-state index is 0.503. The third-order valence-corrected chi connectivity index (χ3v) is 3.95. The number of imidazole rings is 1. The van der Waals surface area contributed by atoms with Gasteiger partial charge in [-0.25, -0.2) is 4.98 Å². The predicted molar refractivity (Wildman–Crippen MR) is 83.2 cm³/mol. The molecule has 0 bridgehead atoms. The number of hydrogen-bond donors (Lipinski definition) is 1. The van der Waals surface area contributed by atoms with Gasteiger partial charge in [0.15, 0.2) is 0 Å². The summed E-state index contributed by atoms with van der Waals surface area (Å²) in [6.07, 6.45) is 6.41. The van der Waals surface area contributed by atoms with E-state index < -0.39 is 0 Å². The number of aryl methyl sites for hydroxylation is 2. The van der Waals surface area contributed by atoms with Gasteiger partial charge in [-0.3, -0.25) is 0 Å². The topological polar surface area (TPSA) is 77.4 Å². The Hall–Kier alpha value is -2.79. The molecule has 0 saturated carbocycles. The summed E-state index contributed by atoms with van der Waals surface area (Å²) < 4.78 is 2.24. The lowest BCUT2D eigenvalue weighted by Gasteiger charge is -2.11. The molecule has 1 N–H and O–H groups in total. The lowest BCUT2D eigenvalue weighted by atomic mass is 10.1. The molecule has 0 aliphatic carbocycles. The number of para-hydroxylation sites is 1. The molecule has 0 spiro atoms. The molecule has 0 fully saturated rings. The Morgan fingerprint density at radius 2 is 1.95 bits per heavy atom. The molecule has 2 heterocycles. The van der Waals surface area contributed by atoms with Crippen molar-refractivity contribution in [3.8, 4) is 12.1 Å². The van der Waals surface area contributed by atoms with Crippen LogP contribution in [0.5, 0.6) is 0 Å². The second-order valence-corrected chi connectivity index (χ2v) is 5.43. The minimum Gasteiger partial charge on any atom is -0.383 e. The molecule has 1 aromatic carbocycles. The van der Waals surface area contributed by atoms with Crippen molar-refractivity contribution in [3.63, 3.8) is 0 Å². The van der Waals surface area contributed by atoms with Crippen LogP contribution in [0.4, 0.5) is 5.69 Å². The van der Waals surface area contributed by atoms with Gasteiger partial charge in [-0.2, -0.15) is 10.5 Å². The van der Waals surface area contributed by atoms with E-state index in [1.54, 1.807) is 18.2 Å². The maximum absolute atomic E-state index is 9.15. The number of fused-ring (bicyclic) bond motifs is 1. The van der Waals surface area contributed by atoms with Gasteiger partial charge in [-0.15, -0.1) is 0 Å². The first kappa shape index (κ1) is 14.2. The highest BCUT2D eigenvalue weighted by Crippen LogP contribution is 2.20. The van der Waals surface area contributed by atoms with Crippen molar-refractivity contribution >= 4 is 5.69 Å². The van der Waals surface area contributed by atoms with Gasteiger partial charge in [0.05, 0.1) is 22.5 Å². The molecule has 0 amide bonds. The van der Waals surface area contributed by atoms with Crippen LogP contribution >= 0.6 is 0 Å². The molecule has 1 aromatic heterocycles. The number of hydrogen-bond acceptors (Lipinski definition) is 4. The fourth-order valence-electron chi connectivity index (χ4n) is 2.84. The largest absolute Gasteiger partial charge is 0.383 e. The van der Waals surface area contributed by atoms with Crippen LogP contribution in [0.2, 0.25) is 0 Å². The smallest absolute Gasteiger partial charge is 0.108 e. The van der Waals surface area contributed by atoms with Crippen molar-refractivity contribution < 1.29 is 0 Å². The maximum atomic E-state index is 9.15. The van der Waals surface area contributed by atoms with E-state index in [1.165, 1.54) is 18.7 Å². The molecule has 0 radical (unpaired) electrons. The molecule has 0 atom stereocenters.